The summed E-state index contributed by atoms with van der Waals surface area (Å²) >= 11 is 1.85. The monoisotopic (exact) mass is 258 g/mol. The van der Waals surface area contributed by atoms with Crippen LogP contribution in [-0.4, -0.2) is 11.0 Å². The Morgan fingerprint density at radius 1 is 1.28 bits per heavy atom. The molecule has 0 spiro atoms. The summed E-state index contributed by atoms with van der Waals surface area (Å²) in [5.41, 5.74) is 2.41. The largest absolute Gasteiger partial charge is 0.309 e. The Bertz CT molecular complexity index is 515. The van der Waals surface area contributed by atoms with Gasteiger partial charge in [-0.3, -0.25) is 0 Å². The third kappa shape index (κ3) is 2.62. The van der Waals surface area contributed by atoms with Gasteiger partial charge in [-0.05, 0) is 19.3 Å². The Morgan fingerprint density at radius 2 is 2.06 bits per heavy atom. The molecule has 18 heavy (non-hydrogen) atoms. The van der Waals surface area contributed by atoms with Crippen LogP contribution in [0.4, 0.5) is 0 Å². The smallest absolute Gasteiger partial charge is 0.0933 e. The normalized spacial score (nSPS) is 14.9. The van der Waals surface area contributed by atoms with E-state index < -0.39 is 0 Å². The summed E-state index contributed by atoms with van der Waals surface area (Å²) in [6.07, 6.45) is 3.69. The summed E-state index contributed by atoms with van der Waals surface area (Å²) in [6, 6.07) is 11.3. The van der Waals surface area contributed by atoms with Crippen LogP contribution in [0.25, 0.3) is 11.3 Å². The van der Waals surface area contributed by atoms with Gasteiger partial charge in [0.25, 0.3) is 0 Å². The molecule has 0 atom stereocenters. The lowest BCUT2D eigenvalue weighted by Gasteiger charge is -2.03. The molecule has 3 heteroatoms. The minimum Gasteiger partial charge on any atom is -0.309 e. The fourth-order valence-corrected chi connectivity index (χ4v) is 3.00. The molecule has 2 nitrogen and oxygen atoms in total. The fourth-order valence-electron chi connectivity index (χ4n) is 2.02. The summed E-state index contributed by atoms with van der Waals surface area (Å²) in [4.78, 5) is 6.16. The molecule has 1 N–H and O–H groups in total. The molecule has 1 fully saturated rings. The first kappa shape index (κ1) is 11.9. The maximum atomic E-state index is 4.78. The Labute approximate surface area is 112 Å². The molecule has 0 radical (unpaired) electrons. The van der Waals surface area contributed by atoms with Gasteiger partial charge in [0.15, 0.2) is 0 Å². The second-order valence-corrected chi connectivity index (χ2v) is 5.92. The topological polar surface area (TPSA) is 24.9 Å². The molecule has 1 aromatic carbocycles. The van der Waals surface area contributed by atoms with Crippen LogP contribution >= 0.6 is 11.3 Å². The van der Waals surface area contributed by atoms with Gasteiger partial charge in [0.2, 0.25) is 0 Å². The molecule has 0 saturated heterocycles. The van der Waals surface area contributed by atoms with Gasteiger partial charge in [0.1, 0.15) is 0 Å². The first-order valence-electron chi connectivity index (χ1n) is 6.64. The van der Waals surface area contributed by atoms with Gasteiger partial charge in [-0.25, -0.2) is 4.98 Å². The number of rotatable bonds is 5. The van der Waals surface area contributed by atoms with Gasteiger partial charge in [-0.15, -0.1) is 11.3 Å². The second kappa shape index (κ2) is 5.21. The van der Waals surface area contributed by atoms with Gasteiger partial charge in [-0.2, -0.15) is 0 Å². The summed E-state index contributed by atoms with van der Waals surface area (Å²) in [7, 11) is 0. The molecule has 3 rings (SSSR count). The zero-order valence-corrected chi connectivity index (χ0v) is 11.5. The molecule has 1 aliphatic carbocycles. The summed E-state index contributed by atoms with van der Waals surface area (Å²) < 4.78 is 0. The van der Waals surface area contributed by atoms with Crippen molar-refractivity contribution < 1.29 is 0 Å². The number of hydrogen-bond donors (Lipinski definition) is 1. The highest BCUT2D eigenvalue weighted by Gasteiger charge is 2.21. The van der Waals surface area contributed by atoms with E-state index in [0.29, 0.717) is 0 Å². The van der Waals surface area contributed by atoms with Crippen LogP contribution in [0, 0.1) is 0 Å². The maximum absolute atomic E-state index is 4.78. The molecule has 1 aliphatic rings. The van der Waals surface area contributed by atoms with Crippen molar-refractivity contribution in [2.24, 2.45) is 0 Å². The van der Waals surface area contributed by atoms with Crippen molar-refractivity contribution in [3.05, 3.63) is 40.2 Å². The number of benzene rings is 1. The molecule has 1 saturated carbocycles. The lowest BCUT2D eigenvalue weighted by atomic mass is 10.1. The molecule has 1 aromatic heterocycles. The van der Waals surface area contributed by atoms with Crippen molar-refractivity contribution in [3.63, 3.8) is 0 Å². The van der Waals surface area contributed by atoms with Gasteiger partial charge in [0, 0.05) is 23.0 Å². The Kier molecular flexibility index (Phi) is 3.43. The Hall–Kier alpha value is -1.19. The third-order valence-electron chi connectivity index (χ3n) is 3.22. The predicted molar refractivity (Wildman–Crippen MR) is 76.8 cm³/mol. The number of hydrogen-bond acceptors (Lipinski definition) is 3. The Balaban J connectivity index is 1.88. The van der Waals surface area contributed by atoms with E-state index in [-0.39, 0.29) is 0 Å². The van der Waals surface area contributed by atoms with Crippen LogP contribution in [-0.2, 0) is 13.0 Å². The van der Waals surface area contributed by atoms with Crippen molar-refractivity contribution in [2.75, 3.05) is 0 Å². The van der Waals surface area contributed by atoms with Gasteiger partial charge < -0.3 is 5.32 Å². The highest BCUT2D eigenvalue weighted by Crippen LogP contribution is 2.29. The van der Waals surface area contributed by atoms with Gasteiger partial charge >= 0.3 is 0 Å². The summed E-state index contributed by atoms with van der Waals surface area (Å²) in [5.74, 6) is 0. The average Bonchev–Trinajstić information content (AvgIpc) is 3.16. The zero-order valence-electron chi connectivity index (χ0n) is 10.6. The molecule has 94 valence electrons. The van der Waals surface area contributed by atoms with E-state index in [1.54, 1.807) is 0 Å². The van der Waals surface area contributed by atoms with Crippen LogP contribution in [0.2, 0.25) is 0 Å². The van der Waals surface area contributed by atoms with E-state index in [9.17, 15) is 0 Å². The minimum atomic E-state index is 0.751. The molecule has 0 amide bonds. The number of nitrogens with zero attached hydrogens (tertiary/aromatic N) is 1. The van der Waals surface area contributed by atoms with Crippen molar-refractivity contribution in [1.82, 2.24) is 10.3 Å². The molecule has 2 aromatic rings. The summed E-state index contributed by atoms with van der Waals surface area (Å²) in [6.45, 7) is 3.14. The van der Waals surface area contributed by atoms with Crippen LogP contribution in [0.3, 0.4) is 0 Å². The molecule has 0 bridgehead atoms. The zero-order chi connectivity index (χ0) is 12.4. The van der Waals surface area contributed by atoms with E-state index in [1.807, 2.05) is 11.3 Å². The number of thiazole rings is 1. The Morgan fingerprint density at radius 3 is 2.72 bits per heavy atom. The van der Waals surface area contributed by atoms with Crippen molar-refractivity contribution in [3.8, 4) is 11.3 Å². The molecule has 0 aliphatic heterocycles. The second-order valence-electron chi connectivity index (χ2n) is 4.75. The van der Waals surface area contributed by atoms with E-state index in [4.69, 9.17) is 4.98 Å². The van der Waals surface area contributed by atoms with Gasteiger partial charge in [0.05, 0.1) is 10.7 Å². The fraction of sp³-hybridized carbons (Fsp3) is 0.400. The summed E-state index contributed by atoms with van der Waals surface area (Å²) in [5, 5.41) is 4.83. The molecule has 1 heterocycles. The third-order valence-corrected chi connectivity index (χ3v) is 4.42. The first-order chi connectivity index (χ1) is 8.86. The van der Waals surface area contributed by atoms with E-state index in [0.717, 1.165) is 19.0 Å². The van der Waals surface area contributed by atoms with Crippen LogP contribution in [0.5, 0.6) is 0 Å². The van der Waals surface area contributed by atoms with Crippen LogP contribution in [0.1, 0.15) is 29.7 Å². The number of aryl methyl sites for hydroxylation is 1. The number of nitrogens with one attached hydrogen (secondary N) is 1. The minimum absolute atomic E-state index is 0.751. The molecular weight excluding hydrogens is 240 g/mol. The predicted octanol–water partition coefficient (Wildman–Crippen LogP) is 3.62. The lowest BCUT2D eigenvalue weighted by Crippen LogP contribution is -2.14. The van der Waals surface area contributed by atoms with Crippen molar-refractivity contribution in [1.29, 1.82) is 0 Å². The highest BCUT2D eigenvalue weighted by molar-refractivity contribution is 7.12. The van der Waals surface area contributed by atoms with E-state index in [2.05, 4.69) is 42.6 Å². The lowest BCUT2D eigenvalue weighted by molar-refractivity contribution is 0.695. The molecule has 0 unspecified atom stereocenters. The van der Waals surface area contributed by atoms with Crippen LogP contribution < -0.4 is 5.32 Å². The van der Waals surface area contributed by atoms with Crippen molar-refractivity contribution in [2.45, 2.75) is 38.8 Å². The number of aromatic nitrogens is 1. The van der Waals surface area contributed by atoms with Crippen LogP contribution in [0.15, 0.2) is 30.3 Å². The van der Waals surface area contributed by atoms with Gasteiger partial charge in [-0.1, -0.05) is 37.3 Å². The van der Waals surface area contributed by atoms with E-state index in [1.165, 1.54) is 34.0 Å². The maximum Gasteiger partial charge on any atom is 0.0933 e. The molecular formula is C15H18N2S. The van der Waals surface area contributed by atoms with Crippen molar-refractivity contribution >= 4 is 11.3 Å². The SMILES string of the molecule is CCc1nc(-c2ccccc2)c(CNC2CC2)s1. The quantitative estimate of drug-likeness (QED) is 0.886. The van der Waals surface area contributed by atoms with E-state index >= 15 is 0 Å². The first-order valence-corrected chi connectivity index (χ1v) is 7.46. The standard InChI is InChI=1S/C15H18N2S/c1-2-14-17-15(11-6-4-3-5-7-11)13(18-14)10-16-12-8-9-12/h3-7,12,16H,2,8-10H2,1H3. The highest BCUT2D eigenvalue weighted by atomic mass is 32.1. The average molecular weight is 258 g/mol.